The van der Waals surface area contributed by atoms with Gasteiger partial charge in [-0.2, -0.15) is 0 Å². The first kappa shape index (κ1) is 30.1. The zero-order valence-corrected chi connectivity index (χ0v) is 24.9. The molecule has 0 unspecified atom stereocenters. The molecule has 4 rings (SSSR count). The SMILES string of the molecule is C=C/C=C\C(=C/C)COc1cccc(Oc2cc3c(cc2NS(=O)(=O)c2ccc(OC)c(OC)c2)n(C)c(=O)n3C)c1. The summed E-state index contributed by atoms with van der Waals surface area (Å²) in [6, 6.07) is 14.4. The fourth-order valence-electron chi connectivity index (χ4n) is 4.22. The number of ether oxygens (including phenoxy) is 4. The molecule has 0 saturated heterocycles. The van der Waals surface area contributed by atoms with Crippen LogP contribution in [0, 0.1) is 0 Å². The van der Waals surface area contributed by atoms with Crippen LogP contribution >= 0.6 is 0 Å². The number of hydrogen-bond donors (Lipinski definition) is 1. The van der Waals surface area contributed by atoms with Crippen LogP contribution in [0.5, 0.6) is 28.7 Å². The first-order valence-corrected chi connectivity index (χ1v) is 14.4. The molecule has 0 atom stereocenters. The highest BCUT2D eigenvalue weighted by Gasteiger charge is 2.22. The van der Waals surface area contributed by atoms with Crippen molar-refractivity contribution in [3.8, 4) is 28.7 Å². The van der Waals surface area contributed by atoms with Crippen molar-refractivity contribution in [1.82, 2.24) is 9.13 Å². The zero-order valence-electron chi connectivity index (χ0n) is 24.1. The Bertz CT molecular complexity index is 1850. The van der Waals surface area contributed by atoms with Crippen LogP contribution < -0.4 is 29.4 Å². The maximum absolute atomic E-state index is 13.5. The second kappa shape index (κ2) is 12.7. The molecule has 0 radical (unpaired) electrons. The fourth-order valence-corrected chi connectivity index (χ4v) is 5.29. The lowest BCUT2D eigenvalue weighted by Gasteiger charge is -2.16. The van der Waals surface area contributed by atoms with Gasteiger partial charge in [-0.25, -0.2) is 13.2 Å². The molecule has 0 fully saturated rings. The van der Waals surface area contributed by atoms with E-state index < -0.39 is 10.0 Å². The third kappa shape index (κ3) is 6.36. The second-order valence-corrected chi connectivity index (χ2v) is 10.9. The van der Waals surface area contributed by atoms with E-state index in [4.69, 9.17) is 18.9 Å². The minimum atomic E-state index is -4.11. The molecule has 0 spiro atoms. The highest BCUT2D eigenvalue weighted by Crippen LogP contribution is 2.37. The van der Waals surface area contributed by atoms with Crippen molar-refractivity contribution < 1.29 is 27.4 Å². The van der Waals surface area contributed by atoms with Crippen molar-refractivity contribution in [2.24, 2.45) is 14.1 Å². The van der Waals surface area contributed by atoms with Crippen LogP contribution in [0.25, 0.3) is 11.0 Å². The molecule has 0 aliphatic rings. The smallest absolute Gasteiger partial charge is 0.328 e. The van der Waals surface area contributed by atoms with E-state index in [9.17, 15) is 13.2 Å². The predicted molar refractivity (Wildman–Crippen MR) is 164 cm³/mol. The Morgan fingerprint density at radius 2 is 1.62 bits per heavy atom. The van der Waals surface area contributed by atoms with E-state index in [0.29, 0.717) is 34.9 Å². The second-order valence-electron chi connectivity index (χ2n) is 9.18. The number of benzene rings is 3. The average molecular weight is 592 g/mol. The number of aryl methyl sites for hydroxylation is 2. The van der Waals surface area contributed by atoms with Crippen molar-refractivity contribution in [3.05, 3.63) is 102 Å². The standard InChI is InChI=1S/C31H33N3O7S/c1-7-9-11-21(8-2)20-40-22-12-10-13-23(16-22)41-29-19-27-26(33(3)31(35)34(27)4)18-25(29)32-42(36,37)24-14-15-28(38-5)30(17-24)39-6/h7-19,32H,1,20H2,2-6H3/b11-9-,21-8+. The lowest BCUT2D eigenvalue weighted by molar-refractivity contribution is 0.353. The number of sulfonamides is 1. The van der Waals surface area contributed by atoms with E-state index in [-0.39, 0.29) is 27.8 Å². The van der Waals surface area contributed by atoms with Gasteiger partial charge in [0.2, 0.25) is 0 Å². The van der Waals surface area contributed by atoms with Gasteiger partial charge in [-0.15, -0.1) is 0 Å². The molecule has 1 heterocycles. The number of rotatable bonds is 12. The Labute approximate surface area is 244 Å². The van der Waals surface area contributed by atoms with E-state index >= 15 is 0 Å². The molecule has 42 heavy (non-hydrogen) atoms. The van der Waals surface area contributed by atoms with Crippen molar-refractivity contribution in [2.45, 2.75) is 11.8 Å². The summed E-state index contributed by atoms with van der Waals surface area (Å²) in [5, 5.41) is 0. The van der Waals surface area contributed by atoms with E-state index in [2.05, 4.69) is 11.3 Å². The lowest BCUT2D eigenvalue weighted by Crippen LogP contribution is -2.19. The van der Waals surface area contributed by atoms with Crippen molar-refractivity contribution in [2.75, 3.05) is 25.5 Å². The summed E-state index contributed by atoms with van der Waals surface area (Å²) >= 11 is 0. The molecule has 0 amide bonds. The minimum Gasteiger partial charge on any atom is -0.493 e. The number of methoxy groups -OCH3 is 2. The van der Waals surface area contributed by atoms with Gasteiger partial charge in [0.1, 0.15) is 18.1 Å². The molecule has 11 heteroatoms. The quantitative estimate of drug-likeness (QED) is 0.215. The van der Waals surface area contributed by atoms with Crippen LogP contribution in [-0.2, 0) is 24.1 Å². The van der Waals surface area contributed by atoms with Gasteiger partial charge >= 0.3 is 5.69 Å². The predicted octanol–water partition coefficient (Wildman–Crippen LogP) is 5.55. The molecular weight excluding hydrogens is 558 g/mol. The first-order valence-electron chi connectivity index (χ1n) is 12.9. The summed E-state index contributed by atoms with van der Waals surface area (Å²) in [6.45, 7) is 5.94. The van der Waals surface area contributed by atoms with Gasteiger partial charge in [0.05, 0.1) is 35.8 Å². The highest BCUT2D eigenvalue weighted by atomic mass is 32.2. The van der Waals surface area contributed by atoms with E-state index in [0.717, 1.165) is 5.57 Å². The normalized spacial score (nSPS) is 12.0. The summed E-state index contributed by atoms with van der Waals surface area (Å²) in [7, 11) is 2.02. The van der Waals surface area contributed by atoms with Crippen LogP contribution in [0.15, 0.2) is 101 Å². The van der Waals surface area contributed by atoms with Crippen LogP contribution in [0.1, 0.15) is 6.92 Å². The Morgan fingerprint density at radius 1 is 0.929 bits per heavy atom. The van der Waals surface area contributed by atoms with Gasteiger partial charge < -0.3 is 18.9 Å². The Morgan fingerprint density at radius 3 is 2.29 bits per heavy atom. The molecule has 0 bridgehead atoms. The van der Waals surface area contributed by atoms with E-state index in [1.807, 2.05) is 25.2 Å². The zero-order chi connectivity index (χ0) is 30.4. The largest absolute Gasteiger partial charge is 0.493 e. The van der Waals surface area contributed by atoms with Crippen LogP contribution in [0.3, 0.4) is 0 Å². The summed E-state index contributed by atoms with van der Waals surface area (Å²) in [6.07, 6.45) is 7.37. The van der Waals surface area contributed by atoms with E-state index in [1.54, 1.807) is 56.6 Å². The van der Waals surface area contributed by atoms with Gasteiger partial charge in [0.15, 0.2) is 17.2 Å². The van der Waals surface area contributed by atoms with Crippen LogP contribution in [0.2, 0.25) is 0 Å². The molecule has 10 nitrogen and oxygen atoms in total. The molecule has 0 aliphatic carbocycles. The Kier molecular flexibility index (Phi) is 9.12. The van der Waals surface area contributed by atoms with Crippen molar-refractivity contribution >= 4 is 26.7 Å². The van der Waals surface area contributed by atoms with Gasteiger partial charge in [-0.1, -0.05) is 36.9 Å². The maximum Gasteiger partial charge on any atom is 0.328 e. The van der Waals surface area contributed by atoms with Gasteiger partial charge in [0.25, 0.3) is 10.0 Å². The molecule has 1 N–H and O–H groups in total. The highest BCUT2D eigenvalue weighted by molar-refractivity contribution is 7.92. The number of imidazole rings is 1. The molecule has 0 saturated carbocycles. The van der Waals surface area contributed by atoms with Crippen LogP contribution in [0.4, 0.5) is 5.69 Å². The van der Waals surface area contributed by atoms with Gasteiger partial charge in [-0.3, -0.25) is 13.9 Å². The lowest BCUT2D eigenvalue weighted by atomic mass is 10.2. The summed E-state index contributed by atoms with van der Waals surface area (Å²) in [4.78, 5) is 12.6. The number of anilines is 1. The van der Waals surface area contributed by atoms with Crippen molar-refractivity contribution in [3.63, 3.8) is 0 Å². The Balaban J connectivity index is 1.72. The molecule has 220 valence electrons. The number of fused-ring (bicyclic) bond motifs is 1. The molecule has 1 aromatic heterocycles. The number of aromatic nitrogens is 2. The Hall–Kier alpha value is -4.90. The molecule has 0 aliphatic heterocycles. The average Bonchev–Trinajstić information content (AvgIpc) is 3.19. The summed E-state index contributed by atoms with van der Waals surface area (Å²) in [5.74, 6) is 1.80. The third-order valence-electron chi connectivity index (χ3n) is 6.54. The van der Waals surface area contributed by atoms with E-state index in [1.165, 1.54) is 41.6 Å². The molecule has 3 aromatic carbocycles. The monoisotopic (exact) mass is 591 g/mol. The minimum absolute atomic E-state index is 0.0474. The number of nitrogens with zero attached hydrogens (tertiary/aromatic N) is 2. The van der Waals surface area contributed by atoms with Crippen molar-refractivity contribution in [1.29, 1.82) is 0 Å². The summed E-state index contributed by atoms with van der Waals surface area (Å²) in [5.41, 5.74) is 1.91. The third-order valence-corrected chi connectivity index (χ3v) is 7.90. The summed E-state index contributed by atoms with van der Waals surface area (Å²) < 4.78 is 55.2. The number of allylic oxidation sites excluding steroid dienone is 3. The first-order chi connectivity index (χ1) is 20.1. The molecular formula is C31H33N3O7S. The topological polar surface area (TPSA) is 110 Å². The molecule has 4 aromatic rings. The number of nitrogens with one attached hydrogen (secondary N) is 1. The van der Waals surface area contributed by atoms with Gasteiger partial charge in [-0.05, 0) is 42.8 Å². The van der Waals surface area contributed by atoms with Gasteiger partial charge in [0, 0.05) is 32.3 Å². The maximum atomic E-state index is 13.5. The fraction of sp³-hybridized carbons (Fsp3) is 0.194. The van der Waals surface area contributed by atoms with Crippen LogP contribution in [-0.4, -0.2) is 38.4 Å². The number of hydrogen-bond acceptors (Lipinski definition) is 7.